The van der Waals surface area contributed by atoms with E-state index >= 15 is 0 Å². The number of fused-ring (bicyclic) bond motifs is 1. The van der Waals surface area contributed by atoms with E-state index < -0.39 is 11.6 Å². The van der Waals surface area contributed by atoms with Gasteiger partial charge in [0.2, 0.25) is 0 Å². The van der Waals surface area contributed by atoms with E-state index in [1.807, 2.05) is 4.90 Å². The Morgan fingerprint density at radius 2 is 1.74 bits per heavy atom. The quantitative estimate of drug-likeness (QED) is 0.694. The molecule has 0 spiro atoms. The molecule has 1 heterocycles. The van der Waals surface area contributed by atoms with Crippen molar-refractivity contribution in [2.75, 3.05) is 18.0 Å². The van der Waals surface area contributed by atoms with Crippen LogP contribution in [-0.4, -0.2) is 13.1 Å². The molecule has 2 fully saturated rings. The standard InChI is InChI=1S/C15H18ClF2N/c1-15(2,3)12-8-6-19(7-9(8)12)14-11(17)5-4-10(16)13(14)18/h4-5,8-9,12H,6-7H2,1-3H3. The Labute approximate surface area is 117 Å². The molecule has 19 heavy (non-hydrogen) atoms. The minimum atomic E-state index is -0.629. The van der Waals surface area contributed by atoms with Gasteiger partial charge in [0.25, 0.3) is 0 Å². The van der Waals surface area contributed by atoms with Gasteiger partial charge in [0.15, 0.2) is 5.82 Å². The Kier molecular flexibility index (Phi) is 2.83. The van der Waals surface area contributed by atoms with E-state index in [0.717, 1.165) is 13.1 Å². The van der Waals surface area contributed by atoms with Gasteiger partial charge in [-0.1, -0.05) is 32.4 Å². The van der Waals surface area contributed by atoms with Crippen LogP contribution >= 0.6 is 11.6 Å². The molecule has 3 rings (SSSR count). The van der Waals surface area contributed by atoms with Gasteiger partial charge in [0.1, 0.15) is 11.5 Å². The molecule has 1 saturated heterocycles. The molecule has 1 aliphatic heterocycles. The summed E-state index contributed by atoms with van der Waals surface area (Å²) in [7, 11) is 0. The zero-order valence-electron chi connectivity index (χ0n) is 11.4. The second-order valence-corrected chi connectivity index (χ2v) is 7.22. The Balaban J connectivity index is 1.81. The summed E-state index contributed by atoms with van der Waals surface area (Å²) in [4.78, 5) is 1.81. The van der Waals surface area contributed by atoms with Gasteiger partial charge in [-0.2, -0.15) is 0 Å². The largest absolute Gasteiger partial charge is 0.366 e. The number of halogens is 3. The molecule has 2 atom stereocenters. The molecule has 0 bridgehead atoms. The minimum absolute atomic E-state index is 0.00987. The average molecular weight is 286 g/mol. The maximum absolute atomic E-state index is 14.0. The van der Waals surface area contributed by atoms with Crippen molar-refractivity contribution in [3.05, 3.63) is 28.8 Å². The van der Waals surface area contributed by atoms with Gasteiger partial charge in [0.05, 0.1) is 5.02 Å². The summed E-state index contributed by atoms with van der Waals surface area (Å²) < 4.78 is 27.8. The predicted molar refractivity (Wildman–Crippen MR) is 73.5 cm³/mol. The molecule has 1 aromatic rings. The van der Waals surface area contributed by atoms with Crippen molar-refractivity contribution in [2.24, 2.45) is 23.2 Å². The second kappa shape index (κ2) is 4.08. The molecular weight excluding hydrogens is 268 g/mol. The van der Waals surface area contributed by atoms with Gasteiger partial charge in [-0.15, -0.1) is 0 Å². The summed E-state index contributed by atoms with van der Waals surface area (Å²) in [5, 5.41) is -0.00987. The first-order chi connectivity index (χ1) is 8.80. The summed E-state index contributed by atoms with van der Waals surface area (Å²) in [6.07, 6.45) is 0. The first-order valence-electron chi connectivity index (χ1n) is 6.69. The predicted octanol–water partition coefficient (Wildman–Crippen LogP) is 4.35. The van der Waals surface area contributed by atoms with Crippen LogP contribution in [0.1, 0.15) is 20.8 Å². The van der Waals surface area contributed by atoms with Crippen LogP contribution in [0.2, 0.25) is 5.02 Å². The van der Waals surface area contributed by atoms with Gasteiger partial charge < -0.3 is 4.90 Å². The van der Waals surface area contributed by atoms with E-state index in [0.29, 0.717) is 17.8 Å². The highest BCUT2D eigenvalue weighted by atomic mass is 35.5. The van der Waals surface area contributed by atoms with Gasteiger partial charge in [0, 0.05) is 13.1 Å². The maximum atomic E-state index is 14.0. The van der Waals surface area contributed by atoms with E-state index in [9.17, 15) is 8.78 Å². The summed E-state index contributed by atoms with van der Waals surface area (Å²) in [5.74, 6) is 0.662. The van der Waals surface area contributed by atoms with Crippen molar-refractivity contribution in [3.8, 4) is 0 Å². The van der Waals surface area contributed by atoms with Gasteiger partial charge in [-0.25, -0.2) is 8.78 Å². The first-order valence-corrected chi connectivity index (χ1v) is 7.07. The van der Waals surface area contributed by atoms with Crippen LogP contribution in [-0.2, 0) is 0 Å². The Morgan fingerprint density at radius 1 is 1.16 bits per heavy atom. The Morgan fingerprint density at radius 3 is 2.26 bits per heavy atom. The van der Waals surface area contributed by atoms with Crippen LogP contribution in [0, 0.1) is 34.8 Å². The van der Waals surface area contributed by atoms with E-state index in [1.165, 1.54) is 12.1 Å². The lowest BCUT2D eigenvalue weighted by atomic mass is 9.87. The van der Waals surface area contributed by atoms with E-state index in [-0.39, 0.29) is 16.1 Å². The fourth-order valence-corrected chi connectivity index (χ4v) is 3.95. The zero-order chi connectivity index (χ0) is 13.9. The van der Waals surface area contributed by atoms with E-state index in [1.54, 1.807) is 0 Å². The molecule has 104 valence electrons. The average Bonchev–Trinajstić information content (AvgIpc) is 2.84. The van der Waals surface area contributed by atoms with Crippen LogP contribution in [0.3, 0.4) is 0 Å². The lowest BCUT2D eigenvalue weighted by molar-refractivity contribution is 0.308. The van der Waals surface area contributed by atoms with E-state index in [2.05, 4.69) is 20.8 Å². The zero-order valence-corrected chi connectivity index (χ0v) is 12.1. The third-order valence-corrected chi connectivity index (χ3v) is 4.82. The Bertz CT molecular complexity index is 512. The molecular formula is C15H18ClF2N. The normalized spacial score (nSPS) is 29.6. The smallest absolute Gasteiger partial charge is 0.168 e. The van der Waals surface area contributed by atoms with Crippen LogP contribution in [0.25, 0.3) is 0 Å². The molecule has 1 saturated carbocycles. The molecule has 2 unspecified atom stereocenters. The monoisotopic (exact) mass is 285 g/mol. The van der Waals surface area contributed by atoms with Crippen molar-refractivity contribution < 1.29 is 8.78 Å². The Hall–Kier alpha value is -0.830. The first kappa shape index (κ1) is 13.2. The van der Waals surface area contributed by atoms with Crippen LogP contribution in [0.4, 0.5) is 14.5 Å². The molecule has 0 amide bonds. The number of hydrogen-bond acceptors (Lipinski definition) is 1. The minimum Gasteiger partial charge on any atom is -0.366 e. The molecule has 2 aliphatic rings. The van der Waals surface area contributed by atoms with Gasteiger partial charge >= 0.3 is 0 Å². The third-order valence-electron chi connectivity index (χ3n) is 4.53. The molecule has 1 aromatic carbocycles. The van der Waals surface area contributed by atoms with Crippen LogP contribution in [0.5, 0.6) is 0 Å². The molecule has 1 nitrogen and oxygen atoms in total. The summed E-state index contributed by atoms with van der Waals surface area (Å²) in [6, 6.07) is 2.51. The third kappa shape index (κ3) is 2.03. The van der Waals surface area contributed by atoms with Crippen LogP contribution in [0.15, 0.2) is 12.1 Å². The number of piperidine rings is 1. The second-order valence-electron chi connectivity index (χ2n) is 6.82. The van der Waals surface area contributed by atoms with Crippen molar-refractivity contribution >= 4 is 17.3 Å². The molecule has 1 aliphatic carbocycles. The van der Waals surface area contributed by atoms with Crippen LogP contribution < -0.4 is 4.90 Å². The number of rotatable bonds is 1. The van der Waals surface area contributed by atoms with Crippen molar-refractivity contribution in [2.45, 2.75) is 20.8 Å². The summed E-state index contributed by atoms with van der Waals surface area (Å²) >= 11 is 5.74. The highest BCUT2D eigenvalue weighted by Gasteiger charge is 2.60. The van der Waals surface area contributed by atoms with Gasteiger partial charge in [-0.3, -0.25) is 0 Å². The van der Waals surface area contributed by atoms with E-state index in [4.69, 9.17) is 11.6 Å². The van der Waals surface area contributed by atoms with Crippen molar-refractivity contribution in [1.82, 2.24) is 0 Å². The molecule has 0 aromatic heterocycles. The molecule has 0 radical (unpaired) electrons. The van der Waals surface area contributed by atoms with Gasteiger partial charge in [-0.05, 0) is 35.3 Å². The van der Waals surface area contributed by atoms with Crippen molar-refractivity contribution in [1.29, 1.82) is 0 Å². The highest BCUT2D eigenvalue weighted by molar-refractivity contribution is 6.31. The SMILES string of the molecule is CC(C)(C)C1C2CN(c3c(F)ccc(Cl)c3F)CC21. The van der Waals surface area contributed by atoms with Crippen molar-refractivity contribution in [3.63, 3.8) is 0 Å². The number of anilines is 1. The fourth-order valence-electron chi connectivity index (χ4n) is 3.80. The molecule has 0 N–H and O–H groups in total. The topological polar surface area (TPSA) is 3.24 Å². The lowest BCUT2D eigenvalue weighted by Crippen LogP contribution is -2.29. The lowest BCUT2D eigenvalue weighted by Gasteiger charge is -2.27. The summed E-state index contributed by atoms with van der Waals surface area (Å²) in [5.41, 5.74) is 0.333. The number of benzene rings is 1. The number of hydrogen-bond donors (Lipinski definition) is 0. The highest BCUT2D eigenvalue weighted by Crippen LogP contribution is 2.60. The summed E-state index contributed by atoms with van der Waals surface area (Å²) in [6.45, 7) is 8.18. The maximum Gasteiger partial charge on any atom is 0.168 e. The fraction of sp³-hybridized carbons (Fsp3) is 0.600. The molecule has 4 heteroatoms. The number of nitrogens with zero attached hydrogens (tertiary/aromatic N) is 1.